The van der Waals surface area contributed by atoms with Crippen molar-refractivity contribution < 1.29 is 14.3 Å². The van der Waals surface area contributed by atoms with Gasteiger partial charge in [0.25, 0.3) is 5.91 Å². The quantitative estimate of drug-likeness (QED) is 0.472. The molecule has 2 aromatic carbocycles. The molecule has 0 saturated heterocycles. The normalized spacial score (nSPS) is 18.5. The van der Waals surface area contributed by atoms with E-state index in [9.17, 15) is 4.79 Å². The van der Waals surface area contributed by atoms with Gasteiger partial charge in [-0.25, -0.2) is 9.97 Å². The van der Waals surface area contributed by atoms with Crippen LogP contribution >= 0.6 is 34.4 Å². The van der Waals surface area contributed by atoms with Gasteiger partial charge in [-0.05, 0) is 37.4 Å². The van der Waals surface area contributed by atoms with Gasteiger partial charge in [-0.15, -0.1) is 11.3 Å². The molecule has 4 aromatic rings. The van der Waals surface area contributed by atoms with Crippen molar-refractivity contribution in [2.75, 3.05) is 11.6 Å². The highest BCUT2D eigenvalue weighted by Crippen LogP contribution is 2.38. The van der Waals surface area contributed by atoms with Crippen molar-refractivity contribution >= 4 is 65.9 Å². The second-order valence-corrected chi connectivity index (χ2v) is 9.31. The highest BCUT2D eigenvalue weighted by atomic mass is 32.2. The molecule has 1 aliphatic rings. The summed E-state index contributed by atoms with van der Waals surface area (Å²) in [5.74, 6) is 0.948. The highest BCUT2D eigenvalue weighted by molar-refractivity contribution is 8.00. The molecule has 0 bridgehead atoms. The number of carbonyl (C=O) groups is 1. The Labute approximate surface area is 172 Å². The van der Waals surface area contributed by atoms with Crippen LogP contribution in [-0.4, -0.2) is 34.3 Å². The van der Waals surface area contributed by atoms with Gasteiger partial charge >= 0.3 is 0 Å². The van der Waals surface area contributed by atoms with E-state index in [0.29, 0.717) is 16.6 Å². The number of thioether (sulfide) groups is 1. The van der Waals surface area contributed by atoms with E-state index >= 15 is 0 Å². The number of nitrogens with one attached hydrogen (secondary N) is 1. The molecule has 5 rings (SSSR count). The van der Waals surface area contributed by atoms with Crippen LogP contribution in [-0.2, 0) is 4.79 Å². The molecule has 3 heterocycles. The van der Waals surface area contributed by atoms with E-state index in [1.165, 1.54) is 11.3 Å². The number of benzene rings is 2. The van der Waals surface area contributed by atoms with Gasteiger partial charge < -0.3 is 9.47 Å². The van der Waals surface area contributed by atoms with Crippen LogP contribution in [0.2, 0.25) is 0 Å². The molecular weight excluding hydrogens is 414 g/mol. The predicted octanol–water partition coefficient (Wildman–Crippen LogP) is 4.79. The van der Waals surface area contributed by atoms with Crippen LogP contribution in [0.5, 0.6) is 11.5 Å². The Morgan fingerprint density at radius 3 is 2.46 bits per heavy atom. The van der Waals surface area contributed by atoms with E-state index in [0.717, 1.165) is 24.8 Å². The standard InChI is InChI=1S/C19H15N3O3S3/c1-9-14(25-13-6-4-3-5-12(13)24-9)17(23)22-18-20-10-7-8-11-16(15(10)27-18)28-19(21-11)26-2/h3-9,14H,1-2H3,(H,20,22,23). The number of thiazole rings is 2. The second-order valence-electron chi connectivity index (χ2n) is 6.26. The number of hydrogen-bond donors (Lipinski definition) is 1. The van der Waals surface area contributed by atoms with Gasteiger partial charge in [0.2, 0.25) is 6.10 Å². The SMILES string of the molecule is CSc1nc2ccc3nc(NC(=O)C4Oc5ccccc5OC4C)sc3c2s1. The zero-order valence-corrected chi connectivity index (χ0v) is 17.4. The maximum absolute atomic E-state index is 12.8. The smallest absolute Gasteiger partial charge is 0.271 e. The van der Waals surface area contributed by atoms with Crippen LogP contribution in [0.3, 0.4) is 0 Å². The predicted molar refractivity (Wildman–Crippen MR) is 114 cm³/mol. The third-order valence-electron chi connectivity index (χ3n) is 4.40. The first-order valence-electron chi connectivity index (χ1n) is 8.59. The lowest BCUT2D eigenvalue weighted by molar-refractivity contribution is -0.128. The third kappa shape index (κ3) is 2.99. The molecule has 0 fully saturated rings. The number of para-hydroxylation sites is 2. The first-order valence-corrected chi connectivity index (χ1v) is 11.5. The van der Waals surface area contributed by atoms with Crippen molar-refractivity contribution in [3.63, 3.8) is 0 Å². The van der Waals surface area contributed by atoms with Crippen molar-refractivity contribution in [3.8, 4) is 11.5 Å². The summed E-state index contributed by atoms with van der Waals surface area (Å²) in [5.41, 5.74) is 1.81. The van der Waals surface area contributed by atoms with Crippen molar-refractivity contribution in [3.05, 3.63) is 36.4 Å². The topological polar surface area (TPSA) is 73.3 Å². The molecule has 0 spiro atoms. The van der Waals surface area contributed by atoms with Crippen molar-refractivity contribution in [2.45, 2.75) is 23.5 Å². The Morgan fingerprint density at radius 2 is 1.71 bits per heavy atom. The molecule has 1 N–H and O–H groups in total. The minimum Gasteiger partial charge on any atom is -0.482 e. The summed E-state index contributed by atoms with van der Waals surface area (Å²) < 4.78 is 14.8. The molecule has 0 aliphatic carbocycles. The Bertz CT molecular complexity index is 1200. The van der Waals surface area contributed by atoms with E-state index in [2.05, 4.69) is 15.3 Å². The van der Waals surface area contributed by atoms with Crippen LogP contribution < -0.4 is 14.8 Å². The molecule has 6 nitrogen and oxygen atoms in total. The summed E-state index contributed by atoms with van der Waals surface area (Å²) in [6.07, 6.45) is 0.869. The lowest BCUT2D eigenvalue weighted by Crippen LogP contribution is -2.46. The number of nitrogens with zero attached hydrogens (tertiary/aromatic N) is 2. The van der Waals surface area contributed by atoms with Crippen LogP contribution in [0.4, 0.5) is 5.13 Å². The summed E-state index contributed by atoms with van der Waals surface area (Å²) in [4.78, 5) is 22.0. The summed E-state index contributed by atoms with van der Waals surface area (Å²) in [6, 6.07) is 11.3. The minimum absolute atomic E-state index is 0.272. The fourth-order valence-corrected chi connectivity index (χ4v) is 5.74. The maximum Gasteiger partial charge on any atom is 0.271 e. The summed E-state index contributed by atoms with van der Waals surface area (Å²) in [7, 11) is 0. The van der Waals surface area contributed by atoms with E-state index in [4.69, 9.17) is 9.47 Å². The number of amides is 1. The maximum atomic E-state index is 12.8. The van der Waals surface area contributed by atoms with Gasteiger partial charge in [-0.1, -0.05) is 35.2 Å². The van der Waals surface area contributed by atoms with E-state index in [1.807, 2.05) is 43.5 Å². The Kier molecular flexibility index (Phi) is 4.37. The number of aromatic nitrogens is 2. The molecule has 9 heteroatoms. The van der Waals surface area contributed by atoms with Gasteiger partial charge in [0.15, 0.2) is 21.0 Å². The van der Waals surface area contributed by atoms with Gasteiger partial charge in [0.05, 0.1) is 20.4 Å². The highest BCUT2D eigenvalue weighted by Gasteiger charge is 2.34. The molecule has 2 atom stereocenters. The summed E-state index contributed by atoms with van der Waals surface area (Å²) in [5, 5.41) is 3.43. The molecule has 28 heavy (non-hydrogen) atoms. The fourth-order valence-electron chi connectivity index (χ4n) is 3.08. The first kappa shape index (κ1) is 17.7. The van der Waals surface area contributed by atoms with Gasteiger partial charge in [-0.2, -0.15) is 0 Å². The zero-order valence-electron chi connectivity index (χ0n) is 15.0. The van der Waals surface area contributed by atoms with Crippen LogP contribution in [0.1, 0.15) is 6.92 Å². The Hall–Kier alpha value is -2.36. The van der Waals surface area contributed by atoms with E-state index in [1.54, 1.807) is 29.2 Å². The van der Waals surface area contributed by atoms with Crippen LogP contribution in [0.15, 0.2) is 40.7 Å². The monoisotopic (exact) mass is 429 g/mol. The Balaban J connectivity index is 1.42. The average Bonchev–Trinajstić information content (AvgIpc) is 3.30. The molecule has 2 unspecified atom stereocenters. The lowest BCUT2D eigenvalue weighted by atomic mass is 10.1. The molecular formula is C19H15N3O3S3. The lowest BCUT2D eigenvalue weighted by Gasteiger charge is -2.30. The summed E-state index contributed by atoms with van der Waals surface area (Å²) in [6.45, 7) is 1.82. The number of carbonyl (C=O) groups excluding carboxylic acids is 1. The fraction of sp³-hybridized carbons (Fsp3) is 0.211. The molecule has 1 aliphatic heterocycles. The van der Waals surface area contributed by atoms with E-state index in [-0.39, 0.29) is 5.91 Å². The Morgan fingerprint density at radius 1 is 1.04 bits per heavy atom. The van der Waals surface area contributed by atoms with Crippen molar-refractivity contribution in [1.82, 2.24) is 9.97 Å². The number of fused-ring (bicyclic) bond motifs is 4. The van der Waals surface area contributed by atoms with E-state index < -0.39 is 12.2 Å². The largest absolute Gasteiger partial charge is 0.482 e. The van der Waals surface area contributed by atoms with Crippen LogP contribution in [0, 0.1) is 0 Å². The second kappa shape index (κ2) is 6.91. The molecule has 142 valence electrons. The van der Waals surface area contributed by atoms with Gasteiger partial charge in [-0.3, -0.25) is 10.1 Å². The van der Waals surface area contributed by atoms with Crippen LogP contribution in [0.25, 0.3) is 20.4 Å². The minimum atomic E-state index is -0.742. The first-order chi connectivity index (χ1) is 13.6. The number of anilines is 1. The van der Waals surface area contributed by atoms with Gasteiger partial charge in [0, 0.05) is 0 Å². The molecule has 2 aromatic heterocycles. The molecule has 0 saturated carbocycles. The number of hydrogen-bond acceptors (Lipinski definition) is 8. The molecule has 0 radical (unpaired) electrons. The zero-order chi connectivity index (χ0) is 19.3. The average molecular weight is 430 g/mol. The van der Waals surface area contributed by atoms with Gasteiger partial charge in [0.1, 0.15) is 6.10 Å². The van der Waals surface area contributed by atoms with Crippen molar-refractivity contribution in [2.24, 2.45) is 0 Å². The number of ether oxygens (including phenoxy) is 2. The summed E-state index contributed by atoms with van der Waals surface area (Å²) >= 11 is 4.72. The molecule has 1 amide bonds. The number of rotatable bonds is 3. The third-order valence-corrected chi connectivity index (χ3v) is 7.61. The van der Waals surface area contributed by atoms with Crippen molar-refractivity contribution in [1.29, 1.82) is 0 Å².